The van der Waals surface area contributed by atoms with Gasteiger partial charge in [0.25, 0.3) is 0 Å². The van der Waals surface area contributed by atoms with Gasteiger partial charge in [0.1, 0.15) is 7.05 Å². The van der Waals surface area contributed by atoms with Crippen LogP contribution in [-0.4, -0.2) is 0 Å². The van der Waals surface area contributed by atoms with Crippen molar-refractivity contribution < 1.29 is 4.57 Å². The highest BCUT2D eigenvalue weighted by molar-refractivity contribution is 8.00. The van der Waals surface area contributed by atoms with Gasteiger partial charge in [0.05, 0.1) is 10.9 Å². The number of benzene rings is 3. The number of pyridine rings is 1. The fourth-order valence-corrected chi connectivity index (χ4v) is 9.00. The molecule has 0 bridgehead atoms. The van der Waals surface area contributed by atoms with Crippen LogP contribution >= 0.6 is 23.1 Å². The highest BCUT2D eigenvalue weighted by atomic mass is 32.2. The molecule has 0 atom stereocenters. The van der Waals surface area contributed by atoms with E-state index in [0.717, 1.165) is 12.8 Å². The minimum Gasteiger partial charge on any atom is -0.200 e. The summed E-state index contributed by atoms with van der Waals surface area (Å²) in [6.07, 6.45) is 4.43. The lowest BCUT2D eigenvalue weighted by atomic mass is 9.82. The molecule has 2 aromatic heterocycles. The van der Waals surface area contributed by atoms with E-state index < -0.39 is 0 Å². The van der Waals surface area contributed by atoms with Crippen molar-refractivity contribution in [1.29, 1.82) is 0 Å². The van der Waals surface area contributed by atoms with E-state index in [4.69, 9.17) is 0 Å². The predicted molar refractivity (Wildman–Crippen MR) is 159 cm³/mol. The van der Waals surface area contributed by atoms with Gasteiger partial charge in [0.2, 0.25) is 5.69 Å². The van der Waals surface area contributed by atoms with Crippen LogP contribution in [0.25, 0.3) is 42.9 Å². The van der Waals surface area contributed by atoms with Crippen LogP contribution in [0.15, 0.2) is 58.5 Å². The summed E-state index contributed by atoms with van der Waals surface area (Å²) >= 11 is 4.07. The van der Waals surface area contributed by atoms with Crippen LogP contribution in [0.4, 0.5) is 0 Å². The molecule has 0 saturated heterocycles. The van der Waals surface area contributed by atoms with Gasteiger partial charge in [0, 0.05) is 25.4 Å². The van der Waals surface area contributed by atoms with Gasteiger partial charge >= 0.3 is 0 Å². The van der Waals surface area contributed by atoms with Crippen molar-refractivity contribution in [2.45, 2.75) is 71.1 Å². The Bertz CT molecular complexity index is 1690. The van der Waals surface area contributed by atoms with Gasteiger partial charge in [-0.25, -0.2) is 4.57 Å². The van der Waals surface area contributed by atoms with Crippen molar-refractivity contribution in [3.05, 3.63) is 64.7 Å². The maximum atomic E-state index is 2.38. The lowest BCUT2D eigenvalue weighted by Crippen LogP contribution is -2.31. The zero-order valence-corrected chi connectivity index (χ0v) is 24.4. The molecule has 0 saturated carbocycles. The van der Waals surface area contributed by atoms with Crippen molar-refractivity contribution in [2.24, 2.45) is 17.9 Å². The molecule has 0 unspecified atom stereocenters. The van der Waals surface area contributed by atoms with Gasteiger partial charge in [-0.05, 0) is 63.3 Å². The molecule has 3 aromatic carbocycles. The molecule has 184 valence electrons. The number of thiophene rings is 1. The normalized spacial score (nSPS) is 13.7. The third-order valence-electron chi connectivity index (χ3n) is 7.35. The van der Waals surface area contributed by atoms with Gasteiger partial charge < -0.3 is 0 Å². The molecule has 3 heteroatoms. The first-order chi connectivity index (χ1) is 16.9. The Kier molecular flexibility index (Phi) is 5.38. The first kappa shape index (κ1) is 24.0. The Balaban J connectivity index is 1.79. The summed E-state index contributed by atoms with van der Waals surface area (Å²) in [6, 6.07) is 16.0. The Morgan fingerprint density at radius 3 is 2.22 bits per heavy atom. The number of hydrogen-bond donors (Lipinski definition) is 0. The Morgan fingerprint density at radius 1 is 0.778 bits per heavy atom. The molecule has 1 aliphatic rings. The Morgan fingerprint density at radius 2 is 1.50 bits per heavy atom. The Hall–Kier alpha value is -2.36. The third-order valence-corrected chi connectivity index (χ3v) is 9.94. The highest BCUT2D eigenvalue weighted by Gasteiger charge is 2.35. The molecular formula is C33H36NS2+. The maximum absolute atomic E-state index is 2.38. The van der Waals surface area contributed by atoms with Crippen LogP contribution in [0.3, 0.4) is 0 Å². The second kappa shape index (κ2) is 8.07. The van der Waals surface area contributed by atoms with E-state index in [1.165, 1.54) is 68.7 Å². The minimum absolute atomic E-state index is 0.185. The summed E-state index contributed by atoms with van der Waals surface area (Å²) in [5, 5.41) is 7.04. The van der Waals surface area contributed by atoms with Crippen molar-refractivity contribution in [3.8, 4) is 11.3 Å². The lowest BCUT2D eigenvalue weighted by Gasteiger charge is -2.28. The number of hydrogen-bond acceptors (Lipinski definition) is 2. The molecule has 6 rings (SSSR count). The van der Waals surface area contributed by atoms with Crippen LogP contribution in [0.5, 0.6) is 0 Å². The van der Waals surface area contributed by atoms with E-state index in [1.54, 1.807) is 0 Å². The topological polar surface area (TPSA) is 3.88 Å². The van der Waals surface area contributed by atoms with E-state index in [2.05, 4.69) is 121 Å². The SMILES string of the molecule is Cc1c2c(c(CC(C)(C)C)c3c1ccc1ccccc13)Sc1c(CC(C)(C)C)sc3cc[n+](C)c-2c13. The molecule has 0 aliphatic carbocycles. The number of nitrogens with zero attached hydrogens (tertiary/aromatic N) is 1. The quantitative estimate of drug-likeness (QED) is 0.166. The second-order valence-electron chi connectivity index (χ2n) is 13.0. The molecule has 0 N–H and O–H groups in total. The summed E-state index contributed by atoms with van der Waals surface area (Å²) in [6.45, 7) is 16.6. The van der Waals surface area contributed by atoms with Crippen LogP contribution in [0.2, 0.25) is 0 Å². The van der Waals surface area contributed by atoms with Gasteiger partial charge in [-0.3, -0.25) is 0 Å². The van der Waals surface area contributed by atoms with Gasteiger partial charge in [-0.1, -0.05) is 89.7 Å². The molecule has 0 spiro atoms. The maximum Gasteiger partial charge on any atom is 0.223 e. The predicted octanol–water partition coefficient (Wildman–Crippen LogP) is 9.65. The van der Waals surface area contributed by atoms with E-state index in [9.17, 15) is 0 Å². The monoisotopic (exact) mass is 510 g/mol. The zero-order valence-electron chi connectivity index (χ0n) is 22.8. The largest absolute Gasteiger partial charge is 0.223 e. The van der Waals surface area contributed by atoms with E-state index >= 15 is 0 Å². The molecule has 0 amide bonds. The standard InChI is InChI=1S/C33H36NS2/c1-19-21-14-13-20-11-9-10-12-22(20)27(21)23(17-32(2,3)4)30-26(19)29-28-24(15-16-34(29)8)35-25(31(28)36-30)18-33(5,6)7/h9-16H,17-18H2,1-8H3/q+1. The number of fused-ring (bicyclic) bond motifs is 5. The summed E-state index contributed by atoms with van der Waals surface area (Å²) in [5.41, 5.74) is 6.22. The van der Waals surface area contributed by atoms with Gasteiger partial charge in [-0.15, -0.1) is 11.3 Å². The zero-order chi connectivity index (χ0) is 25.6. The molecule has 1 aliphatic heterocycles. The summed E-state index contributed by atoms with van der Waals surface area (Å²) in [4.78, 5) is 4.52. The first-order valence-electron chi connectivity index (χ1n) is 13.0. The highest BCUT2D eigenvalue weighted by Crippen LogP contribution is 2.56. The van der Waals surface area contributed by atoms with Crippen LogP contribution in [0.1, 0.15) is 57.5 Å². The Labute approximate surface area is 223 Å². The van der Waals surface area contributed by atoms with Crippen molar-refractivity contribution in [3.63, 3.8) is 0 Å². The molecular weight excluding hydrogens is 475 g/mol. The van der Waals surface area contributed by atoms with Crippen molar-refractivity contribution in [1.82, 2.24) is 0 Å². The van der Waals surface area contributed by atoms with Crippen LogP contribution in [-0.2, 0) is 19.9 Å². The van der Waals surface area contributed by atoms with E-state index in [1.807, 2.05) is 11.3 Å². The van der Waals surface area contributed by atoms with Crippen LogP contribution < -0.4 is 4.57 Å². The molecule has 36 heavy (non-hydrogen) atoms. The molecule has 5 aromatic rings. The van der Waals surface area contributed by atoms with Gasteiger partial charge in [0.15, 0.2) is 6.20 Å². The first-order valence-corrected chi connectivity index (χ1v) is 14.7. The van der Waals surface area contributed by atoms with Gasteiger partial charge in [-0.2, -0.15) is 0 Å². The number of aryl methyl sites for hydroxylation is 2. The van der Waals surface area contributed by atoms with E-state index in [-0.39, 0.29) is 10.8 Å². The molecule has 3 heterocycles. The number of aromatic nitrogens is 1. The second-order valence-corrected chi connectivity index (χ2v) is 15.1. The van der Waals surface area contributed by atoms with Crippen LogP contribution in [0, 0.1) is 17.8 Å². The third kappa shape index (κ3) is 3.78. The minimum atomic E-state index is 0.185. The molecule has 0 radical (unpaired) electrons. The summed E-state index contributed by atoms with van der Waals surface area (Å²) < 4.78 is 3.80. The molecule has 0 fully saturated rings. The lowest BCUT2D eigenvalue weighted by molar-refractivity contribution is -0.659. The average Bonchev–Trinajstić information content (AvgIpc) is 3.13. The fourth-order valence-electron chi connectivity index (χ4n) is 5.94. The summed E-state index contributed by atoms with van der Waals surface area (Å²) in [5.74, 6) is 0. The van der Waals surface area contributed by atoms with Crippen molar-refractivity contribution in [2.75, 3.05) is 0 Å². The summed E-state index contributed by atoms with van der Waals surface area (Å²) in [7, 11) is 2.23. The number of rotatable bonds is 2. The molecule has 1 nitrogen and oxygen atoms in total. The van der Waals surface area contributed by atoms with Crippen molar-refractivity contribution >= 4 is 54.7 Å². The van der Waals surface area contributed by atoms with E-state index in [0.29, 0.717) is 0 Å². The smallest absolute Gasteiger partial charge is 0.200 e. The average molecular weight is 511 g/mol. The fraction of sp³-hybridized carbons (Fsp3) is 0.364.